The first-order valence-corrected chi connectivity index (χ1v) is 10.1. The van der Waals surface area contributed by atoms with Crippen molar-refractivity contribution in [2.45, 2.75) is 19.1 Å². The lowest BCUT2D eigenvalue weighted by molar-refractivity contribution is -0.145. The van der Waals surface area contributed by atoms with Gasteiger partial charge in [-0.3, -0.25) is 4.79 Å². The highest BCUT2D eigenvalue weighted by Crippen LogP contribution is 2.16. The molecule has 0 unspecified atom stereocenters. The molecular weight excluding hydrogens is 396 g/mol. The number of esters is 1. The summed E-state index contributed by atoms with van der Waals surface area (Å²) in [5.74, 6) is 5.02. The Labute approximate surface area is 182 Å². The second-order valence-electron chi connectivity index (χ2n) is 7.19. The molecule has 162 valence electrons. The number of morpholine rings is 1. The van der Waals surface area contributed by atoms with Crippen LogP contribution in [0.1, 0.15) is 28.4 Å². The largest absolute Gasteiger partial charge is 0.467 e. The maximum absolute atomic E-state index is 12.4. The van der Waals surface area contributed by atoms with Gasteiger partial charge in [-0.25, -0.2) is 4.79 Å². The highest BCUT2D eigenvalue weighted by molar-refractivity contribution is 5.97. The first kappa shape index (κ1) is 22.3. The molecule has 0 bridgehead atoms. The molecule has 7 heteroatoms. The van der Waals surface area contributed by atoms with E-state index < -0.39 is 24.0 Å². The molecule has 0 aliphatic carbocycles. The Morgan fingerprint density at radius 2 is 1.58 bits per heavy atom. The van der Waals surface area contributed by atoms with E-state index >= 15 is 0 Å². The number of benzene rings is 2. The first-order valence-electron chi connectivity index (χ1n) is 10.1. The number of amides is 1. The third-order valence-corrected chi connectivity index (χ3v) is 4.97. The van der Waals surface area contributed by atoms with E-state index in [-0.39, 0.29) is 0 Å². The fraction of sp³-hybridized carbons (Fsp3) is 0.333. The maximum atomic E-state index is 12.4. The maximum Gasteiger partial charge on any atom is 0.331 e. The molecule has 1 heterocycles. The molecule has 1 amide bonds. The number of aliphatic hydroxyl groups is 1. The number of anilines is 1. The number of nitrogens with one attached hydrogen (secondary N) is 1. The zero-order chi connectivity index (χ0) is 22.2. The van der Waals surface area contributed by atoms with Crippen molar-refractivity contribution in [2.24, 2.45) is 0 Å². The Balaban J connectivity index is 1.62. The lowest BCUT2D eigenvalue weighted by atomic mass is 10.1. The van der Waals surface area contributed by atoms with Crippen LogP contribution in [0.3, 0.4) is 0 Å². The second-order valence-corrected chi connectivity index (χ2v) is 7.19. The Bertz CT molecular complexity index is 952. The van der Waals surface area contributed by atoms with E-state index in [0.717, 1.165) is 43.1 Å². The average Bonchev–Trinajstić information content (AvgIpc) is 2.81. The predicted octanol–water partition coefficient (Wildman–Crippen LogP) is 1.58. The number of hydrogen-bond donors (Lipinski definition) is 2. The molecule has 1 aliphatic rings. The molecule has 2 N–H and O–H groups in total. The number of hydrogen-bond acceptors (Lipinski definition) is 6. The Kier molecular flexibility index (Phi) is 7.65. The average molecular weight is 422 g/mol. The van der Waals surface area contributed by atoms with Gasteiger partial charge in [-0.05, 0) is 55.5 Å². The molecule has 1 fully saturated rings. The molecule has 3 rings (SSSR count). The SMILES string of the molecule is COC(=O)[C@@H](NC(=O)c1ccc(C#Cc2ccc(N3CCOCC3)cc2)cc1)[C@@H](C)O. The van der Waals surface area contributed by atoms with Gasteiger partial charge in [0.25, 0.3) is 5.91 Å². The van der Waals surface area contributed by atoms with Crippen LogP contribution in [0.4, 0.5) is 5.69 Å². The van der Waals surface area contributed by atoms with Crippen molar-refractivity contribution < 1.29 is 24.2 Å². The van der Waals surface area contributed by atoms with Crippen LogP contribution in [0, 0.1) is 11.8 Å². The Morgan fingerprint density at radius 3 is 2.10 bits per heavy atom. The van der Waals surface area contributed by atoms with Gasteiger partial charge in [-0.15, -0.1) is 0 Å². The third-order valence-electron chi connectivity index (χ3n) is 4.97. The van der Waals surface area contributed by atoms with Crippen LogP contribution in [0.2, 0.25) is 0 Å². The Morgan fingerprint density at radius 1 is 1.03 bits per heavy atom. The van der Waals surface area contributed by atoms with Gasteiger partial charge < -0.3 is 24.8 Å². The van der Waals surface area contributed by atoms with Gasteiger partial charge in [0.2, 0.25) is 0 Å². The monoisotopic (exact) mass is 422 g/mol. The first-order chi connectivity index (χ1) is 15.0. The van der Waals surface area contributed by atoms with E-state index in [4.69, 9.17) is 4.74 Å². The summed E-state index contributed by atoms with van der Waals surface area (Å²) in [7, 11) is 1.20. The van der Waals surface area contributed by atoms with Crippen molar-refractivity contribution in [3.63, 3.8) is 0 Å². The summed E-state index contributed by atoms with van der Waals surface area (Å²) in [4.78, 5) is 26.3. The zero-order valence-electron chi connectivity index (χ0n) is 17.6. The van der Waals surface area contributed by atoms with E-state index in [0.29, 0.717) is 5.56 Å². The van der Waals surface area contributed by atoms with Crippen molar-refractivity contribution in [2.75, 3.05) is 38.3 Å². The predicted molar refractivity (Wildman–Crippen MR) is 117 cm³/mol. The van der Waals surface area contributed by atoms with Crippen molar-refractivity contribution >= 4 is 17.6 Å². The third kappa shape index (κ3) is 6.07. The van der Waals surface area contributed by atoms with E-state index in [9.17, 15) is 14.7 Å². The molecule has 2 aromatic rings. The summed E-state index contributed by atoms with van der Waals surface area (Å²) < 4.78 is 9.98. The summed E-state index contributed by atoms with van der Waals surface area (Å²) in [6, 6.07) is 13.7. The molecule has 7 nitrogen and oxygen atoms in total. The number of nitrogens with zero attached hydrogens (tertiary/aromatic N) is 1. The molecular formula is C24H26N2O5. The summed E-state index contributed by atoms with van der Waals surface area (Å²) in [6.07, 6.45) is -1.07. The summed E-state index contributed by atoms with van der Waals surface area (Å²) in [6.45, 7) is 4.69. The second kappa shape index (κ2) is 10.6. The molecule has 0 aromatic heterocycles. The zero-order valence-corrected chi connectivity index (χ0v) is 17.6. The van der Waals surface area contributed by atoms with Crippen molar-refractivity contribution in [3.05, 3.63) is 65.2 Å². The smallest absolute Gasteiger partial charge is 0.331 e. The van der Waals surface area contributed by atoms with Crippen molar-refractivity contribution in [1.82, 2.24) is 5.32 Å². The molecule has 0 radical (unpaired) electrons. The molecule has 1 saturated heterocycles. The van der Waals surface area contributed by atoms with Crippen LogP contribution in [0.25, 0.3) is 0 Å². The summed E-state index contributed by atoms with van der Waals surface area (Å²) in [5, 5.41) is 12.2. The van der Waals surface area contributed by atoms with E-state index in [1.807, 2.05) is 12.1 Å². The quantitative estimate of drug-likeness (QED) is 0.562. The van der Waals surface area contributed by atoms with E-state index in [1.165, 1.54) is 14.0 Å². The van der Waals surface area contributed by atoms with Crippen LogP contribution in [-0.4, -0.2) is 62.5 Å². The van der Waals surface area contributed by atoms with Crippen molar-refractivity contribution in [3.8, 4) is 11.8 Å². The van der Waals surface area contributed by atoms with Gasteiger partial charge in [0.15, 0.2) is 6.04 Å². The number of ether oxygens (including phenoxy) is 2. The highest BCUT2D eigenvalue weighted by atomic mass is 16.5. The van der Waals surface area contributed by atoms with Crippen LogP contribution in [0.5, 0.6) is 0 Å². The van der Waals surface area contributed by atoms with Gasteiger partial charge in [0.1, 0.15) is 0 Å². The molecule has 0 spiro atoms. The molecule has 0 saturated carbocycles. The minimum absolute atomic E-state index is 0.356. The van der Waals surface area contributed by atoms with Crippen LogP contribution >= 0.6 is 0 Å². The lowest BCUT2D eigenvalue weighted by Gasteiger charge is -2.28. The van der Waals surface area contributed by atoms with Gasteiger partial charge in [-0.1, -0.05) is 11.8 Å². The fourth-order valence-electron chi connectivity index (χ4n) is 3.15. The fourth-order valence-corrected chi connectivity index (χ4v) is 3.15. The molecule has 1 aliphatic heterocycles. The Hall–Kier alpha value is -3.34. The number of methoxy groups -OCH3 is 1. The van der Waals surface area contributed by atoms with Crippen LogP contribution in [-0.2, 0) is 14.3 Å². The normalized spacial score (nSPS) is 15.3. The topological polar surface area (TPSA) is 88.1 Å². The number of aliphatic hydroxyl groups excluding tert-OH is 1. The lowest BCUT2D eigenvalue weighted by Crippen LogP contribution is -2.48. The van der Waals surface area contributed by atoms with Crippen molar-refractivity contribution in [1.29, 1.82) is 0 Å². The minimum atomic E-state index is -1.13. The van der Waals surface area contributed by atoms with Gasteiger partial charge in [0, 0.05) is 35.5 Å². The number of carbonyl (C=O) groups is 2. The van der Waals surface area contributed by atoms with E-state index in [2.05, 4.69) is 38.9 Å². The standard InChI is InChI=1S/C24H26N2O5/c1-17(27)22(24(29)30-2)25-23(28)20-9-5-18(6-10-20)3-4-19-7-11-21(12-8-19)26-13-15-31-16-14-26/h5-12,17,22,27H,13-16H2,1-2H3,(H,25,28)/t17-,22+/m1/s1. The van der Waals surface area contributed by atoms with E-state index in [1.54, 1.807) is 24.3 Å². The van der Waals surface area contributed by atoms with Gasteiger partial charge in [0.05, 0.1) is 26.4 Å². The van der Waals surface area contributed by atoms with Crippen LogP contribution < -0.4 is 10.2 Å². The summed E-state index contributed by atoms with van der Waals surface area (Å²) in [5.41, 5.74) is 3.17. The van der Waals surface area contributed by atoms with Gasteiger partial charge in [-0.2, -0.15) is 0 Å². The number of rotatable bonds is 5. The van der Waals surface area contributed by atoms with Crippen LogP contribution in [0.15, 0.2) is 48.5 Å². The molecule has 2 aromatic carbocycles. The molecule has 2 atom stereocenters. The van der Waals surface area contributed by atoms with Gasteiger partial charge >= 0.3 is 5.97 Å². The molecule has 31 heavy (non-hydrogen) atoms. The minimum Gasteiger partial charge on any atom is -0.467 e. The highest BCUT2D eigenvalue weighted by Gasteiger charge is 2.26. The number of carbonyl (C=O) groups excluding carboxylic acids is 2. The summed E-state index contributed by atoms with van der Waals surface area (Å²) >= 11 is 0.